The minimum Gasteiger partial charge on any atom is -0.476 e. The standard InChI is InChI=1S/C9H9N2O5P/c12-9(13)7-4-11-6(5-17(14,15)16)2-1-3-8(11)10-7/h1-4H,5H2,(H,12,13)(H2,14,15,16). The molecule has 2 heterocycles. The quantitative estimate of drug-likeness (QED) is 0.697. The van der Waals surface area contributed by atoms with Crippen molar-refractivity contribution in [2.45, 2.75) is 6.16 Å². The van der Waals surface area contributed by atoms with E-state index in [1.54, 1.807) is 12.1 Å². The van der Waals surface area contributed by atoms with Gasteiger partial charge in [0.1, 0.15) is 5.65 Å². The summed E-state index contributed by atoms with van der Waals surface area (Å²) in [5.74, 6) is -1.18. The molecule has 0 aromatic carbocycles. The van der Waals surface area contributed by atoms with Gasteiger partial charge in [-0.05, 0) is 12.1 Å². The van der Waals surface area contributed by atoms with Gasteiger partial charge in [-0.2, -0.15) is 0 Å². The van der Waals surface area contributed by atoms with Crippen molar-refractivity contribution in [3.8, 4) is 0 Å². The average molecular weight is 256 g/mol. The van der Waals surface area contributed by atoms with E-state index < -0.39 is 19.7 Å². The second-order valence-electron chi connectivity index (χ2n) is 3.50. The number of carboxylic acids is 1. The van der Waals surface area contributed by atoms with E-state index in [2.05, 4.69) is 4.98 Å². The number of nitrogens with zero attached hydrogens (tertiary/aromatic N) is 2. The maximum absolute atomic E-state index is 10.9. The summed E-state index contributed by atoms with van der Waals surface area (Å²) >= 11 is 0. The number of carboxylic acid groups (broad SMARTS) is 1. The predicted octanol–water partition coefficient (Wildman–Crippen LogP) is 0.710. The van der Waals surface area contributed by atoms with Crippen LogP contribution in [0.2, 0.25) is 0 Å². The molecular weight excluding hydrogens is 247 g/mol. The molecule has 0 spiro atoms. The summed E-state index contributed by atoms with van der Waals surface area (Å²) in [7, 11) is -4.20. The van der Waals surface area contributed by atoms with Gasteiger partial charge in [0.15, 0.2) is 5.69 Å². The van der Waals surface area contributed by atoms with Gasteiger partial charge in [-0.15, -0.1) is 0 Å². The van der Waals surface area contributed by atoms with E-state index >= 15 is 0 Å². The molecule has 0 amide bonds. The number of aromatic carboxylic acids is 1. The van der Waals surface area contributed by atoms with Crippen LogP contribution in [0.1, 0.15) is 16.2 Å². The number of carbonyl (C=O) groups is 1. The third-order valence-electron chi connectivity index (χ3n) is 2.16. The summed E-state index contributed by atoms with van der Waals surface area (Å²) in [6, 6.07) is 4.65. The molecule has 0 bridgehead atoms. The summed E-state index contributed by atoms with van der Waals surface area (Å²) in [6.07, 6.45) is 0.780. The monoisotopic (exact) mass is 256 g/mol. The average Bonchev–Trinajstić information content (AvgIpc) is 2.60. The van der Waals surface area contributed by atoms with E-state index in [1.165, 1.54) is 16.7 Å². The Balaban J connectivity index is 2.57. The van der Waals surface area contributed by atoms with Crippen molar-refractivity contribution in [3.63, 3.8) is 0 Å². The molecule has 0 saturated carbocycles. The van der Waals surface area contributed by atoms with Crippen molar-refractivity contribution < 1.29 is 24.3 Å². The van der Waals surface area contributed by atoms with Gasteiger partial charge in [0.2, 0.25) is 0 Å². The number of pyridine rings is 1. The molecule has 7 nitrogen and oxygen atoms in total. The van der Waals surface area contributed by atoms with Crippen LogP contribution < -0.4 is 0 Å². The number of imidazole rings is 1. The molecule has 0 radical (unpaired) electrons. The number of rotatable bonds is 3. The fourth-order valence-electron chi connectivity index (χ4n) is 1.51. The fourth-order valence-corrected chi connectivity index (χ4v) is 2.19. The van der Waals surface area contributed by atoms with Gasteiger partial charge in [0.25, 0.3) is 0 Å². The minimum absolute atomic E-state index is 0.164. The lowest BCUT2D eigenvalue weighted by Crippen LogP contribution is -1.97. The second-order valence-corrected chi connectivity index (χ2v) is 5.15. The normalized spacial score (nSPS) is 11.9. The van der Waals surface area contributed by atoms with E-state index in [0.717, 1.165) is 0 Å². The summed E-state index contributed by atoms with van der Waals surface area (Å²) in [5, 5.41) is 8.78. The van der Waals surface area contributed by atoms with E-state index in [-0.39, 0.29) is 5.69 Å². The van der Waals surface area contributed by atoms with Gasteiger partial charge < -0.3 is 19.3 Å². The maximum atomic E-state index is 10.9. The molecule has 0 atom stereocenters. The molecule has 17 heavy (non-hydrogen) atoms. The molecule has 2 aromatic heterocycles. The van der Waals surface area contributed by atoms with Gasteiger partial charge in [-0.1, -0.05) is 6.07 Å². The lowest BCUT2D eigenvalue weighted by atomic mass is 10.4. The Morgan fingerprint density at radius 3 is 2.71 bits per heavy atom. The first-order chi connectivity index (χ1) is 7.87. The van der Waals surface area contributed by atoms with Crippen LogP contribution in [0, 0.1) is 0 Å². The molecular formula is C9H9N2O5P. The molecule has 0 saturated heterocycles. The molecule has 3 N–H and O–H groups in total. The lowest BCUT2D eigenvalue weighted by molar-refractivity contribution is 0.0691. The van der Waals surface area contributed by atoms with Crippen LogP contribution in [0.25, 0.3) is 5.65 Å². The largest absolute Gasteiger partial charge is 0.476 e. The Morgan fingerprint density at radius 1 is 1.41 bits per heavy atom. The molecule has 8 heteroatoms. The van der Waals surface area contributed by atoms with Crippen molar-refractivity contribution in [2.24, 2.45) is 0 Å². The molecule has 0 aliphatic heterocycles. The topological polar surface area (TPSA) is 112 Å². The second kappa shape index (κ2) is 3.96. The molecule has 0 aliphatic carbocycles. The van der Waals surface area contributed by atoms with Crippen LogP contribution in [0.15, 0.2) is 24.4 Å². The third-order valence-corrected chi connectivity index (χ3v) is 2.90. The summed E-state index contributed by atoms with van der Waals surface area (Å²) in [4.78, 5) is 32.4. The molecule has 2 rings (SSSR count). The van der Waals surface area contributed by atoms with Crippen molar-refractivity contribution in [1.82, 2.24) is 9.38 Å². The van der Waals surface area contributed by atoms with E-state index in [9.17, 15) is 9.36 Å². The van der Waals surface area contributed by atoms with E-state index in [0.29, 0.717) is 11.3 Å². The molecule has 0 aliphatic rings. The highest BCUT2D eigenvalue weighted by Gasteiger charge is 2.17. The van der Waals surface area contributed by atoms with Crippen molar-refractivity contribution >= 4 is 19.2 Å². The molecule has 0 unspecified atom stereocenters. The number of fused-ring (bicyclic) bond motifs is 1. The first-order valence-corrected chi connectivity index (χ1v) is 6.41. The molecule has 2 aromatic rings. The van der Waals surface area contributed by atoms with Gasteiger partial charge >= 0.3 is 13.6 Å². The van der Waals surface area contributed by atoms with Crippen LogP contribution in [-0.2, 0) is 10.7 Å². The van der Waals surface area contributed by atoms with Gasteiger partial charge in [-0.3, -0.25) is 4.57 Å². The zero-order valence-electron chi connectivity index (χ0n) is 8.52. The van der Waals surface area contributed by atoms with Crippen LogP contribution in [0.5, 0.6) is 0 Å². The zero-order valence-corrected chi connectivity index (χ0v) is 9.41. The predicted molar refractivity (Wildman–Crippen MR) is 57.9 cm³/mol. The summed E-state index contributed by atoms with van der Waals surface area (Å²) in [6.45, 7) is 0. The minimum atomic E-state index is -4.20. The van der Waals surface area contributed by atoms with Crippen LogP contribution in [0.3, 0.4) is 0 Å². The summed E-state index contributed by atoms with van der Waals surface area (Å²) < 4.78 is 12.3. The highest BCUT2D eigenvalue weighted by molar-refractivity contribution is 7.50. The third kappa shape index (κ3) is 2.52. The van der Waals surface area contributed by atoms with Crippen molar-refractivity contribution in [1.29, 1.82) is 0 Å². The Hall–Kier alpha value is -1.69. The Kier molecular flexibility index (Phi) is 2.74. The fraction of sp³-hybridized carbons (Fsp3) is 0.111. The Labute approximate surface area is 95.5 Å². The highest BCUT2D eigenvalue weighted by Crippen LogP contribution is 2.38. The van der Waals surface area contributed by atoms with Crippen molar-refractivity contribution in [3.05, 3.63) is 35.8 Å². The molecule has 90 valence electrons. The number of hydrogen-bond acceptors (Lipinski definition) is 3. The number of hydrogen-bond donors (Lipinski definition) is 3. The lowest BCUT2D eigenvalue weighted by Gasteiger charge is -2.06. The zero-order chi connectivity index (χ0) is 12.6. The highest BCUT2D eigenvalue weighted by atomic mass is 31.2. The van der Waals surface area contributed by atoms with Crippen LogP contribution in [0.4, 0.5) is 0 Å². The van der Waals surface area contributed by atoms with Gasteiger partial charge in [0, 0.05) is 11.9 Å². The maximum Gasteiger partial charge on any atom is 0.356 e. The van der Waals surface area contributed by atoms with Crippen LogP contribution >= 0.6 is 7.60 Å². The Morgan fingerprint density at radius 2 is 2.12 bits per heavy atom. The van der Waals surface area contributed by atoms with Crippen molar-refractivity contribution in [2.75, 3.05) is 0 Å². The molecule has 0 fully saturated rings. The smallest absolute Gasteiger partial charge is 0.356 e. The van der Waals surface area contributed by atoms with E-state index in [1.807, 2.05) is 0 Å². The first-order valence-electron chi connectivity index (χ1n) is 4.62. The van der Waals surface area contributed by atoms with Gasteiger partial charge in [0.05, 0.1) is 6.16 Å². The number of aromatic nitrogens is 2. The van der Waals surface area contributed by atoms with E-state index in [4.69, 9.17) is 14.9 Å². The SMILES string of the molecule is O=C(O)c1cn2c(CP(=O)(O)O)cccc2n1. The summed E-state index contributed by atoms with van der Waals surface area (Å²) in [5.41, 5.74) is 0.493. The van der Waals surface area contributed by atoms with Gasteiger partial charge in [-0.25, -0.2) is 9.78 Å². The Bertz CT molecular complexity index is 629. The first kappa shape index (κ1) is 11.8. The van der Waals surface area contributed by atoms with Crippen LogP contribution in [-0.4, -0.2) is 30.2 Å².